The lowest BCUT2D eigenvalue weighted by molar-refractivity contribution is -0.141. The molecule has 0 saturated carbocycles. The molecule has 2 heteroatoms. The number of carbonyl (C=O) groups excluding carboxylic acids is 1. The lowest BCUT2D eigenvalue weighted by atomic mass is 9.86. The first kappa shape index (κ1) is 14.1. The van der Waals surface area contributed by atoms with E-state index in [1.54, 1.807) is 0 Å². The Labute approximate surface area is 116 Å². The Bertz CT molecular complexity index is 449. The van der Waals surface area contributed by atoms with Crippen molar-refractivity contribution in [3.63, 3.8) is 0 Å². The zero-order valence-corrected chi connectivity index (χ0v) is 12.2. The van der Waals surface area contributed by atoms with Gasteiger partial charge in [0, 0.05) is 0 Å². The molecule has 2 nitrogen and oxygen atoms in total. The van der Waals surface area contributed by atoms with E-state index in [0.29, 0.717) is 18.3 Å². The molecule has 0 heterocycles. The molecule has 0 bridgehead atoms. The summed E-state index contributed by atoms with van der Waals surface area (Å²) in [6, 6.07) is 6.78. The first-order valence-electron chi connectivity index (χ1n) is 7.28. The topological polar surface area (TPSA) is 26.3 Å². The number of benzene rings is 1. The summed E-state index contributed by atoms with van der Waals surface area (Å²) in [5.74, 6) is 0.771. The van der Waals surface area contributed by atoms with Crippen molar-refractivity contribution in [2.24, 2.45) is 5.92 Å². The predicted molar refractivity (Wildman–Crippen MR) is 77.3 cm³/mol. The van der Waals surface area contributed by atoms with Crippen LogP contribution in [0.1, 0.15) is 55.7 Å². The third kappa shape index (κ3) is 3.59. The fourth-order valence-electron chi connectivity index (χ4n) is 3.04. The number of esters is 1. The minimum Gasteiger partial charge on any atom is -0.469 e. The van der Waals surface area contributed by atoms with Crippen LogP contribution in [0.4, 0.5) is 0 Å². The summed E-state index contributed by atoms with van der Waals surface area (Å²) in [4.78, 5) is 11.6. The molecule has 1 atom stereocenters. The van der Waals surface area contributed by atoms with Crippen molar-refractivity contribution in [2.45, 2.75) is 51.9 Å². The van der Waals surface area contributed by atoms with Crippen LogP contribution in [0.3, 0.4) is 0 Å². The first-order valence-corrected chi connectivity index (χ1v) is 7.28. The molecule has 1 aliphatic rings. The van der Waals surface area contributed by atoms with E-state index < -0.39 is 0 Å². The van der Waals surface area contributed by atoms with Crippen molar-refractivity contribution >= 4 is 5.97 Å². The molecule has 19 heavy (non-hydrogen) atoms. The number of methoxy groups -OCH3 is 1. The maximum atomic E-state index is 11.6. The van der Waals surface area contributed by atoms with Gasteiger partial charge in [0.05, 0.1) is 13.5 Å². The molecule has 1 aromatic rings. The van der Waals surface area contributed by atoms with E-state index in [9.17, 15) is 4.79 Å². The Morgan fingerprint density at radius 3 is 2.68 bits per heavy atom. The first-order chi connectivity index (χ1) is 9.10. The van der Waals surface area contributed by atoms with Gasteiger partial charge in [-0.25, -0.2) is 0 Å². The predicted octanol–water partition coefficient (Wildman–Crippen LogP) is 3.87. The van der Waals surface area contributed by atoms with Crippen molar-refractivity contribution in [3.8, 4) is 0 Å². The summed E-state index contributed by atoms with van der Waals surface area (Å²) in [5, 5.41) is 0. The number of rotatable bonds is 5. The van der Waals surface area contributed by atoms with E-state index in [-0.39, 0.29) is 5.97 Å². The molecule has 0 amide bonds. The zero-order chi connectivity index (χ0) is 13.8. The Morgan fingerprint density at radius 1 is 1.26 bits per heavy atom. The number of aryl methyl sites for hydroxylation is 2. The van der Waals surface area contributed by atoms with Crippen molar-refractivity contribution < 1.29 is 9.53 Å². The Morgan fingerprint density at radius 2 is 2.00 bits per heavy atom. The Balaban J connectivity index is 2.19. The highest BCUT2D eigenvalue weighted by molar-refractivity contribution is 5.70. The molecular formula is C17H24O2. The van der Waals surface area contributed by atoms with Gasteiger partial charge in [0.1, 0.15) is 0 Å². The highest BCUT2D eigenvalue weighted by Gasteiger charge is 2.20. The average molecular weight is 260 g/mol. The molecule has 0 radical (unpaired) electrons. The third-order valence-corrected chi connectivity index (χ3v) is 3.99. The molecule has 1 unspecified atom stereocenters. The van der Waals surface area contributed by atoms with Gasteiger partial charge in [-0.15, -0.1) is 0 Å². The van der Waals surface area contributed by atoms with Gasteiger partial charge in [0.15, 0.2) is 0 Å². The largest absolute Gasteiger partial charge is 0.469 e. The molecule has 0 saturated heterocycles. The van der Waals surface area contributed by atoms with Crippen LogP contribution >= 0.6 is 0 Å². The van der Waals surface area contributed by atoms with Crippen LogP contribution in [-0.4, -0.2) is 13.1 Å². The van der Waals surface area contributed by atoms with E-state index in [4.69, 9.17) is 4.74 Å². The smallest absolute Gasteiger partial charge is 0.306 e. The van der Waals surface area contributed by atoms with Crippen LogP contribution in [-0.2, 0) is 22.4 Å². The minimum atomic E-state index is -0.105. The standard InChI is InChI=1S/C17H24O2/c1-12(2)9-16(11-17(18)19-3)15-8-7-13-5-4-6-14(13)10-15/h7-8,10,12,16H,4-6,9,11H2,1-3H3. The Kier molecular flexibility index (Phi) is 4.62. The van der Waals surface area contributed by atoms with E-state index >= 15 is 0 Å². The maximum Gasteiger partial charge on any atom is 0.306 e. The van der Waals surface area contributed by atoms with Crippen molar-refractivity contribution in [3.05, 3.63) is 34.9 Å². The summed E-state index contributed by atoms with van der Waals surface area (Å²) >= 11 is 0. The summed E-state index contributed by atoms with van der Waals surface area (Å²) in [6.45, 7) is 4.41. The molecule has 1 aromatic carbocycles. The molecule has 1 aliphatic carbocycles. The summed E-state index contributed by atoms with van der Waals surface area (Å²) in [7, 11) is 1.47. The van der Waals surface area contributed by atoms with Gasteiger partial charge in [-0.05, 0) is 54.2 Å². The quantitative estimate of drug-likeness (QED) is 0.751. The van der Waals surface area contributed by atoms with Gasteiger partial charge in [0.2, 0.25) is 0 Å². The van der Waals surface area contributed by atoms with Gasteiger partial charge >= 0.3 is 5.97 Å². The summed E-state index contributed by atoms with van der Waals surface area (Å²) in [5.41, 5.74) is 4.28. The third-order valence-electron chi connectivity index (χ3n) is 3.99. The Hall–Kier alpha value is -1.31. The SMILES string of the molecule is COC(=O)CC(CC(C)C)c1ccc2c(c1)CCC2. The second kappa shape index (κ2) is 6.23. The molecule has 0 fully saturated rings. The number of fused-ring (bicyclic) bond motifs is 1. The number of hydrogen-bond acceptors (Lipinski definition) is 2. The second-order valence-electron chi connectivity index (χ2n) is 5.99. The number of hydrogen-bond donors (Lipinski definition) is 0. The fourth-order valence-corrected chi connectivity index (χ4v) is 3.04. The van der Waals surface area contributed by atoms with Crippen LogP contribution in [0.5, 0.6) is 0 Å². The van der Waals surface area contributed by atoms with Crippen LogP contribution in [0, 0.1) is 5.92 Å². The van der Waals surface area contributed by atoms with E-state index in [2.05, 4.69) is 32.0 Å². The van der Waals surface area contributed by atoms with Crippen LogP contribution in [0.15, 0.2) is 18.2 Å². The lowest BCUT2D eigenvalue weighted by Crippen LogP contribution is -2.11. The summed E-state index contributed by atoms with van der Waals surface area (Å²) < 4.78 is 4.84. The highest BCUT2D eigenvalue weighted by Crippen LogP contribution is 2.31. The summed E-state index contributed by atoms with van der Waals surface area (Å²) in [6.07, 6.45) is 5.20. The number of ether oxygens (including phenoxy) is 1. The van der Waals surface area contributed by atoms with Crippen molar-refractivity contribution in [1.82, 2.24) is 0 Å². The van der Waals surface area contributed by atoms with E-state index in [0.717, 1.165) is 6.42 Å². The van der Waals surface area contributed by atoms with Gasteiger partial charge < -0.3 is 4.74 Å². The van der Waals surface area contributed by atoms with Crippen LogP contribution in [0.25, 0.3) is 0 Å². The molecular weight excluding hydrogens is 236 g/mol. The monoisotopic (exact) mass is 260 g/mol. The molecule has 104 valence electrons. The number of carbonyl (C=O) groups is 1. The highest BCUT2D eigenvalue weighted by atomic mass is 16.5. The molecule has 0 spiro atoms. The second-order valence-corrected chi connectivity index (χ2v) is 5.99. The lowest BCUT2D eigenvalue weighted by Gasteiger charge is -2.19. The molecule has 0 aromatic heterocycles. The van der Waals surface area contributed by atoms with Crippen molar-refractivity contribution in [2.75, 3.05) is 7.11 Å². The molecule has 2 rings (SSSR count). The van der Waals surface area contributed by atoms with Gasteiger partial charge in [0.25, 0.3) is 0 Å². The molecule has 0 N–H and O–H groups in total. The van der Waals surface area contributed by atoms with Crippen LogP contribution in [0.2, 0.25) is 0 Å². The normalized spacial score (nSPS) is 15.4. The van der Waals surface area contributed by atoms with Gasteiger partial charge in [-0.1, -0.05) is 32.0 Å². The fraction of sp³-hybridized carbons (Fsp3) is 0.588. The minimum absolute atomic E-state index is 0.105. The maximum absolute atomic E-state index is 11.6. The zero-order valence-electron chi connectivity index (χ0n) is 12.2. The van der Waals surface area contributed by atoms with E-state index in [1.807, 2.05) is 0 Å². The van der Waals surface area contributed by atoms with Crippen molar-refractivity contribution in [1.29, 1.82) is 0 Å². The van der Waals surface area contributed by atoms with E-state index in [1.165, 1.54) is 43.1 Å². The molecule has 0 aliphatic heterocycles. The van der Waals surface area contributed by atoms with Gasteiger partial charge in [-0.3, -0.25) is 4.79 Å². The average Bonchev–Trinajstić information content (AvgIpc) is 2.84. The van der Waals surface area contributed by atoms with Crippen LogP contribution < -0.4 is 0 Å². The van der Waals surface area contributed by atoms with Gasteiger partial charge in [-0.2, -0.15) is 0 Å².